The lowest BCUT2D eigenvalue weighted by atomic mass is 10.1. The van der Waals surface area contributed by atoms with Gasteiger partial charge in [0.05, 0.1) is 0 Å². The molecule has 0 aromatic heterocycles. The molecule has 0 aromatic rings. The van der Waals surface area contributed by atoms with E-state index in [2.05, 4.69) is 26.5 Å². The third-order valence-electron chi connectivity index (χ3n) is 2.07. The van der Waals surface area contributed by atoms with Crippen LogP contribution in [0.4, 0.5) is 0 Å². The van der Waals surface area contributed by atoms with Gasteiger partial charge in [0.15, 0.2) is 0 Å². The first-order chi connectivity index (χ1) is 4.17. The topological polar surface area (TPSA) is 0 Å². The zero-order chi connectivity index (χ0) is 6.91. The zero-order valence-electron chi connectivity index (χ0n) is 6.22. The van der Waals surface area contributed by atoms with Crippen molar-refractivity contribution in [1.82, 2.24) is 0 Å². The van der Waals surface area contributed by atoms with Crippen LogP contribution in [0.15, 0.2) is 24.8 Å². The van der Waals surface area contributed by atoms with Crippen molar-refractivity contribution in [2.75, 3.05) is 0 Å². The van der Waals surface area contributed by atoms with Crippen molar-refractivity contribution >= 4 is 0 Å². The number of rotatable bonds is 2. The van der Waals surface area contributed by atoms with Crippen molar-refractivity contribution in [1.29, 1.82) is 0 Å². The first-order valence-electron chi connectivity index (χ1n) is 3.46. The van der Waals surface area contributed by atoms with Crippen LogP contribution in [0.2, 0.25) is 0 Å². The summed E-state index contributed by atoms with van der Waals surface area (Å²) in [4.78, 5) is 0. The summed E-state index contributed by atoms with van der Waals surface area (Å²) in [5, 5.41) is 0. The van der Waals surface area contributed by atoms with Crippen LogP contribution in [0.5, 0.6) is 0 Å². The molecule has 0 spiro atoms. The summed E-state index contributed by atoms with van der Waals surface area (Å²) < 4.78 is 0. The summed E-state index contributed by atoms with van der Waals surface area (Å²) in [6, 6.07) is 0. The summed E-state index contributed by atoms with van der Waals surface area (Å²) in [6.07, 6.45) is 7.47. The molecule has 1 fully saturated rings. The van der Waals surface area contributed by atoms with Crippen molar-refractivity contribution in [3.8, 4) is 0 Å². The third-order valence-corrected chi connectivity index (χ3v) is 2.07. The van der Waals surface area contributed by atoms with Gasteiger partial charge in [-0.15, -0.1) is 0 Å². The maximum Gasteiger partial charge on any atom is -0.0173 e. The van der Waals surface area contributed by atoms with Gasteiger partial charge in [0.2, 0.25) is 0 Å². The van der Waals surface area contributed by atoms with E-state index in [0.717, 1.165) is 5.92 Å². The number of hydrogen-bond acceptors (Lipinski definition) is 0. The Hall–Kier alpha value is -0.520. The summed E-state index contributed by atoms with van der Waals surface area (Å²) in [5.74, 6) is 0.815. The van der Waals surface area contributed by atoms with Gasteiger partial charge in [-0.25, -0.2) is 0 Å². The Labute approximate surface area is 57.3 Å². The van der Waals surface area contributed by atoms with Crippen LogP contribution in [-0.4, -0.2) is 0 Å². The number of allylic oxidation sites excluding steroid dienone is 3. The average molecular weight is 122 g/mol. The van der Waals surface area contributed by atoms with Gasteiger partial charge in [0, 0.05) is 0 Å². The van der Waals surface area contributed by atoms with Gasteiger partial charge in [-0.1, -0.05) is 38.7 Å². The molecule has 1 atom stereocenters. The van der Waals surface area contributed by atoms with E-state index in [9.17, 15) is 0 Å². The molecule has 0 aliphatic heterocycles. The predicted molar refractivity (Wildman–Crippen MR) is 41.2 cm³/mol. The molecule has 1 unspecified atom stereocenters. The molecule has 50 valence electrons. The molecule has 0 heteroatoms. The second-order valence-corrected chi connectivity index (χ2v) is 3.42. The van der Waals surface area contributed by atoms with Gasteiger partial charge in [0.25, 0.3) is 0 Å². The van der Waals surface area contributed by atoms with Gasteiger partial charge < -0.3 is 0 Å². The second-order valence-electron chi connectivity index (χ2n) is 3.42. The lowest BCUT2D eigenvalue weighted by Crippen LogP contribution is -1.84. The number of hydrogen-bond donors (Lipinski definition) is 0. The fourth-order valence-corrected chi connectivity index (χ4v) is 1.05. The minimum atomic E-state index is 0.583. The van der Waals surface area contributed by atoms with Gasteiger partial charge >= 0.3 is 0 Å². The van der Waals surface area contributed by atoms with Crippen molar-refractivity contribution in [3.63, 3.8) is 0 Å². The van der Waals surface area contributed by atoms with Crippen LogP contribution in [0.3, 0.4) is 0 Å². The minimum Gasteiger partial charge on any atom is -0.0991 e. The minimum absolute atomic E-state index is 0.583. The van der Waals surface area contributed by atoms with Crippen LogP contribution >= 0.6 is 0 Å². The molecule has 0 saturated heterocycles. The highest BCUT2D eigenvalue weighted by Crippen LogP contribution is 2.52. The molecule has 0 bridgehead atoms. The van der Waals surface area contributed by atoms with Crippen LogP contribution in [0.1, 0.15) is 20.3 Å². The van der Waals surface area contributed by atoms with Crippen molar-refractivity contribution < 1.29 is 0 Å². The molecule has 1 aliphatic rings. The molecule has 0 heterocycles. The lowest BCUT2D eigenvalue weighted by molar-refractivity contribution is 0.610. The van der Waals surface area contributed by atoms with E-state index in [1.165, 1.54) is 6.42 Å². The van der Waals surface area contributed by atoms with Crippen LogP contribution < -0.4 is 0 Å². The Morgan fingerprint density at radius 1 is 1.56 bits per heavy atom. The molecule has 9 heavy (non-hydrogen) atoms. The van der Waals surface area contributed by atoms with E-state index >= 15 is 0 Å². The molecular formula is C9H14. The molecule has 1 rings (SSSR count). The van der Waals surface area contributed by atoms with E-state index in [1.54, 1.807) is 0 Å². The Bertz CT molecular complexity index is 140. The van der Waals surface area contributed by atoms with Crippen molar-refractivity contribution in [3.05, 3.63) is 24.8 Å². The third kappa shape index (κ3) is 1.44. The van der Waals surface area contributed by atoms with Crippen molar-refractivity contribution in [2.24, 2.45) is 11.3 Å². The monoisotopic (exact) mass is 122 g/mol. The summed E-state index contributed by atoms with van der Waals surface area (Å²) in [7, 11) is 0. The highest BCUT2D eigenvalue weighted by molar-refractivity contribution is 5.11. The SMILES string of the molecule is C=CC=CC1CC1(C)C. The zero-order valence-corrected chi connectivity index (χ0v) is 6.22. The Kier molecular flexibility index (Phi) is 1.48. The predicted octanol–water partition coefficient (Wildman–Crippen LogP) is 2.77. The van der Waals surface area contributed by atoms with E-state index in [0.29, 0.717) is 5.41 Å². The quantitative estimate of drug-likeness (QED) is 0.494. The van der Waals surface area contributed by atoms with Crippen LogP contribution in [0.25, 0.3) is 0 Å². The van der Waals surface area contributed by atoms with Crippen molar-refractivity contribution in [2.45, 2.75) is 20.3 Å². The normalized spacial score (nSPS) is 30.7. The van der Waals surface area contributed by atoms with Gasteiger partial charge in [-0.05, 0) is 17.8 Å². The average Bonchev–Trinajstić information content (AvgIpc) is 2.35. The van der Waals surface area contributed by atoms with Gasteiger partial charge in [-0.2, -0.15) is 0 Å². The smallest absolute Gasteiger partial charge is 0.0173 e. The molecule has 0 amide bonds. The lowest BCUT2D eigenvalue weighted by Gasteiger charge is -1.94. The highest BCUT2D eigenvalue weighted by Gasteiger charge is 2.43. The van der Waals surface area contributed by atoms with Crippen LogP contribution in [0, 0.1) is 11.3 Å². The van der Waals surface area contributed by atoms with E-state index in [-0.39, 0.29) is 0 Å². The molecule has 0 nitrogen and oxygen atoms in total. The Balaban J connectivity index is 2.35. The molecule has 0 aromatic carbocycles. The Morgan fingerprint density at radius 2 is 2.11 bits per heavy atom. The first kappa shape index (κ1) is 6.60. The standard InChI is InChI=1S/C9H14/c1-4-5-6-8-7-9(8,2)3/h4-6,8H,1,7H2,2-3H3. The maximum atomic E-state index is 3.62. The van der Waals surface area contributed by atoms with E-state index < -0.39 is 0 Å². The van der Waals surface area contributed by atoms with Gasteiger partial charge in [-0.3, -0.25) is 0 Å². The second kappa shape index (κ2) is 2.02. The van der Waals surface area contributed by atoms with E-state index in [1.807, 2.05) is 12.2 Å². The summed E-state index contributed by atoms with van der Waals surface area (Å²) >= 11 is 0. The fraction of sp³-hybridized carbons (Fsp3) is 0.556. The summed E-state index contributed by atoms with van der Waals surface area (Å²) in [6.45, 7) is 8.21. The highest BCUT2D eigenvalue weighted by atomic mass is 14.5. The molecular weight excluding hydrogens is 108 g/mol. The molecule has 0 N–H and O–H groups in total. The van der Waals surface area contributed by atoms with E-state index in [4.69, 9.17) is 0 Å². The Morgan fingerprint density at radius 3 is 2.44 bits per heavy atom. The molecule has 1 aliphatic carbocycles. The summed E-state index contributed by atoms with van der Waals surface area (Å²) in [5.41, 5.74) is 0.583. The fourth-order valence-electron chi connectivity index (χ4n) is 1.05. The maximum absolute atomic E-state index is 3.62. The molecule has 0 radical (unpaired) electrons. The largest absolute Gasteiger partial charge is 0.0991 e. The first-order valence-corrected chi connectivity index (χ1v) is 3.46. The van der Waals surface area contributed by atoms with Gasteiger partial charge in [0.1, 0.15) is 0 Å². The molecule has 1 saturated carbocycles. The van der Waals surface area contributed by atoms with Crippen LogP contribution in [-0.2, 0) is 0 Å².